The number of carbonyl (C=O) groups excluding carboxylic acids is 2. The average molecular weight is 359 g/mol. The van der Waals surface area contributed by atoms with Crippen molar-refractivity contribution in [2.45, 2.75) is 6.54 Å². The summed E-state index contributed by atoms with van der Waals surface area (Å²) in [4.78, 5) is 26.4. The zero-order valence-electron chi connectivity index (χ0n) is 12.0. The first-order chi connectivity index (χ1) is 11.2. The van der Waals surface area contributed by atoms with Gasteiger partial charge >= 0.3 is 0 Å². The van der Waals surface area contributed by atoms with Gasteiger partial charge in [0.25, 0.3) is 0 Å². The molecule has 0 atom stereocenters. The molecule has 0 saturated heterocycles. The van der Waals surface area contributed by atoms with Crippen LogP contribution >= 0.6 is 34.0 Å². The molecule has 0 aromatic carbocycles. The lowest BCUT2D eigenvalue weighted by molar-refractivity contribution is -0.116. The van der Waals surface area contributed by atoms with Crippen molar-refractivity contribution >= 4 is 51.8 Å². The molecule has 0 radical (unpaired) electrons. The molecule has 0 saturated carbocycles. The number of carbonyl (C=O) groups is 2. The van der Waals surface area contributed by atoms with Crippen LogP contribution in [0.15, 0.2) is 52.5 Å². The van der Waals surface area contributed by atoms with Crippen molar-refractivity contribution in [2.24, 2.45) is 0 Å². The highest BCUT2D eigenvalue weighted by Gasteiger charge is 2.12. The molecule has 0 aliphatic rings. The lowest BCUT2D eigenvalue weighted by Gasteiger charge is -1.98. The molecule has 3 aromatic rings. The van der Waals surface area contributed by atoms with E-state index in [0.717, 1.165) is 15.3 Å². The largest absolute Gasteiger partial charge is 0.348 e. The molecule has 0 bridgehead atoms. The Labute approximate surface area is 145 Å². The van der Waals surface area contributed by atoms with Crippen LogP contribution in [0.5, 0.6) is 0 Å². The van der Waals surface area contributed by atoms with Gasteiger partial charge in [0.05, 0.1) is 16.3 Å². The molecule has 3 rings (SSSR count). The van der Waals surface area contributed by atoms with E-state index in [-0.39, 0.29) is 11.7 Å². The summed E-state index contributed by atoms with van der Waals surface area (Å²) in [6.07, 6.45) is 3.30. The molecule has 0 spiro atoms. The fraction of sp³-hybridized carbons (Fsp3) is 0.0588. The van der Waals surface area contributed by atoms with Crippen LogP contribution in [0.1, 0.15) is 25.0 Å². The SMILES string of the molecule is O=C(/C=C/c1ccsc1)NCc1ccc(C(=O)c2cccs2)s1. The van der Waals surface area contributed by atoms with Gasteiger partial charge in [-0.2, -0.15) is 11.3 Å². The molecule has 0 aliphatic heterocycles. The number of hydrogen-bond acceptors (Lipinski definition) is 5. The molecule has 1 N–H and O–H groups in total. The molecule has 0 fully saturated rings. The van der Waals surface area contributed by atoms with Gasteiger partial charge in [-0.25, -0.2) is 0 Å². The normalized spacial score (nSPS) is 11.0. The Kier molecular flexibility index (Phi) is 5.17. The molecule has 1 amide bonds. The number of ketones is 1. The van der Waals surface area contributed by atoms with Gasteiger partial charge in [0.15, 0.2) is 0 Å². The third-order valence-corrected chi connectivity index (χ3v) is 5.69. The first kappa shape index (κ1) is 15.9. The van der Waals surface area contributed by atoms with E-state index in [9.17, 15) is 9.59 Å². The summed E-state index contributed by atoms with van der Waals surface area (Å²) < 4.78 is 0. The van der Waals surface area contributed by atoms with Crippen LogP contribution in [0.4, 0.5) is 0 Å². The minimum atomic E-state index is -0.143. The Morgan fingerprint density at radius 3 is 2.74 bits per heavy atom. The summed E-state index contributed by atoms with van der Waals surface area (Å²) >= 11 is 4.45. The van der Waals surface area contributed by atoms with Crippen molar-refractivity contribution in [2.75, 3.05) is 0 Å². The molecule has 0 aliphatic carbocycles. The standard InChI is InChI=1S/C17H13NO2S3/c19-16(6-3-12-7-9-21-11-12)18-10-13-4-5-15(23-13)17(20)14-2-1-8-22-14/h1-9,11H,10H2,(H,18,19)/b6-3+. The number of rotatable bonds is 6. The van der Waals surface area contributed by atoms with Crippen molar-refractivity contribution in [3.8, 4) is 0 Å². The van der Waals surface area contributed by atoms with Crippen molar-refractivity contribution in [3.05, 3.63) is 72.7 Å². The fourth-order valence-electron chi connectivity index (χ4n) is 1.90. The first-order valence-electron chi connectivity index (χ1n) is 6.87. The van der Waals surface area contributed by atoms with E-state index in [1.807, 2.05) is 46.5 Å². The lowest BCUT2D eigenvalue weighted by atomic mass is 10.3. The Balaban J connectivity index is 1.55. The van der Waals surface area contributed by atoms with Gasteiger partial charge in [-0.05, 0) is 52.0 Å². The smallest absolute Gasteiger partial charge is 0.244 e. The second-order valence-electron chi connectivity index (χ2n) is 4.68. The Bertz CT molecular complexity index is 814. The molecule has 3 aromatic heterocycles. The van der Waals surface area contributed by atoms with Gasteiger partial charge in [0.2, 0.25) is 11.7 Å². The summed E-state index contributed by atoms with van der Waals surface area (Å²) in [6, 6.07) is 9.34. The zero-order chi connectivity index (χ0) is 16.1. The Morgan fingerprint density at radius 2 is 2.00 bits per heavy atom. The van der Waals surface area contributed by atoms with E-state index in [0.29, 0.717) is 11.4 Å². The van der Waals surface area contributed by atoms with Gasteiger partial charge in [-0.1, -0.05) is 6.07 Å². The van der Waals surface area contributed by atoms with Crippen molar-refractivity contribution < 1.29 is 9.59 Å². The van der Waals surface area contributed by atoms with Crippen LogP contribution < -0.4 is 5.32 Å². The maximum atomic E-state index is 12.2. The highest BCUT2D eigenvalue weighted by molar-refractivity contribution is 7.16. The second-order valence-corrected chi connectivity index (χ2v) is 7.58. The predicted molar refractivity (Wildman–Crippen MR) is 97.3 cm³/mol. The monoisotopic (exact) mass is 359 g/mol. The summed E-state index contributed by atoms with van der Waals surface area (Å²) in [5.74, 6) is -0.101. The predicted octanol–water partition coefficient (Wildman–Crippen LogP) is 4.43. The third-order valence-electron chi connectivity index (χ3n) is 3.04. The quantitative estimate of drug-likeness (QED) is 0.523. The van der Waals surface area contributed by atoms with E-state index in [2.05, 4.69) is 5.32 Å². The molecule has 3 heterocycles. The fourth-order valence-corrected chi connectivity index (χ4v) is 4.17. The maximum Gasteiger partial charge on any atom is 0.244 e. The van der Waals surface area contributed by atoms with Crippen LogP contribution in [-0.4, -0.2) is 11.7 Å². The summed E-state index contributed by atoms with van der Waals surface area (Å²) in [7, 11) is 0. The van der Waals surface area contributed by atoms with E-state index < -0.39 is 0 Å². The minimum Gasteiger partial charge on any atom is -0.348 e. The summed E-state index contributed by atoms with van der Waals surface area (Å²) in [5, 5.41) is 8.66. The topological polar surface area (TPSA) is 46.2 Å². The van der Waals surface area contributed by atoms with Gasteiger partial charge in [0, 0.05) is 11.0 Å². The zero-order valence-corrected chi connectivity index (χ0v) is 14.5. The first-order valence-corrected chi connectivity index (χ1v) is 9.51. The van der Waals surface area contributed by atoms with E-state index >= 15 is 0 Å². The summed E-state index contributed by atoms with van der Waals surface area (Å²) in [5.41, 5.74) is 1.02. The molecular weight excluding hydrogens is 346 g/mol. The number of amides is 1. The van der Waals surface area contributed by atoms with E-state index in [1.165, 1.54) is 28.7 Å². The van der Waals surface area contributed by atoms with Gasteiger partial charge < -0.3 is 5.32 Å². The van der Waals surface area contributed by atoms with Crippen LogP contribution in [0.2, 0.25) is 0 Å². The van der Waals surface area contributed by atoms with Crippen LogP contribution in [0.3, 0.4) is 0 Å². The van der Waals surface area contributed by atoms with Gasteiger partial charge in [-0.15, -0.1) is 22.7 Å². The summed E-state index contributed by atoms with van der Waals surface area (Å²) in [6.45, 7) is 0.426. The number of thiophene rings is 3. The minimum absolute atomic E-state index is 0.0416. The lowest BCUT2D eigenvalue weighted by Crippen LogP contribution is -2.19. The second kappa shape index (κ2) is 7.50. The maximum absolute atomic E-state index is 12.2. The molecule has 0 unspecified atom stereocenters. The van der Waals surface area contributed by atoms with Crippen LogP contribution in [0, 0.1) is 0 Å². The highest BCUT2D eigenvalue weighted by atomic mass is 32.1. The molecular formula is C17H13NO2S3. The van der Waals surface area contributed by atoms with Crippen molar-refractivity contribution in [3.63, 3.8) is 0 Å². The van der Waals surface area contributed by atoms with Gasteiger partial charge in [-0.3, -0.25) is 9.59 Å². The Hall–Kier alpha value is -2.02. The van der Waals surface area contributed by atoms with Crippen molar-refractivity contribution in [1.29, 1.82) is 0 Å². The highest BCUT2D eigenvalue weighted by Crippen LogP contribution is 2.22. The molecule has 3 nitrogen and oxygen atoms in total. The average Bonchev–Trinajstić information content (AvgIpc) is 3.33. The third kappa shape index (κ3) is 4.25. The van der Waals surface area contributed by atoms with Crippen molar-refractivity contribution in [1.82, 2.24) is 5.32 Å². The number of hydrogen-bond donors (Lipinski definition) is 1. The molecule has 23 heavy (non-hydrogen) atoms. The van der Waals surface area contributed by atoms with Gasteiger partial charge in [0.1, 0.15) is 0 Å². The number of nitrogens with one attached hydrogen (secondary N) is 1. The van der Waals surface area contributed by atoms with Crippen LogP contribution in [0.25, 0.3) is 6.08 Å². The Morgan fingerprint density at radius 1 is 1.09 bits per heavy atom. The molecule has 6 heteroatoms. The molecule has 116 valence electrons. The van der Waals surface area contributed by atoms with Crippen LogP contribution in [-0.2, 0) is 11.3 Å². The van der Waals surface area contributed by atoms with E-state index in [1.54, 1.807) is 17.4 Å². The van der Waals surface area contributed by atoms with E-state index in [4.69, 9.17) is 0 Å².